The minimum absolute atomic E-state index is 0.366. The predicted molar refractivity (Wildman–Crippen MR) is 62.5 cm³/mol. The molecule has 0 aliphatic carbocycles. The van der Waals surface area contributed by atoms with E-state index < -0.39 is 11.4 Å². The van der Waals surface area contributed by atoms with Crippen LogP contribution in [0.5, 0.6) is 0 Å². The van der Waals surface area contributed by atoms with E-state index in [4.69, 9.17) is 4.74 Å². The maximum atomic E-state index is 11.3. The van der Waals surface area contributed by atoms with Crippen LogP contribution in [0.25, 0.3) is 0 Å². The van der Waals surface area contributed by atoms with Gasteiger partial charge in [-0.25, -0.2) is 0 Å². The minimum atomic E-state index is -0.708. The topological polar surface area (TPSA) is 49.8 Å². The molecule has 1 aliphatic rings. The first-order valence-corrected chi connectivity index (χ1v) is 6.18. The van der Waals surface area contributed by atoms with Crippen molar-refractivity contribution in [3.05, 3.63) is 0 Å². The Hall–Kier alpha value is -0.610. The average molecular weight is 229 g/mol. The highest BCUT2D eigenvalue weighted by Crippen LogP contribution is 2.30. The van der Waals surface area contributed by atoms with Gasteiger partial charge in [0, 0.05) is 13.2 Å². The number of carbonyl (C=O) groups is 1. The van der Waals surface area contributed by atoms with Crippen molar-refractivity contribution in [2.24, 2.45) is 5.41 Å². The summed E-state index contributed by atoms with van der Waals surface area (Å²) in [5.41, 5.74) is -0.663. The molecule has 1 fully saturated rings. The normalized spacial score (nSPS) is 25.2. The van der Waals surface area contributed by atoms with E-state index in [0.717, 1.165) is 25.9 Å². The second-order valence-corrected chi connectivity index (χ2v) is 4.61. The summed E-state index contributed by atoms with van der Waals surface area (Å²) in [5, 5.41) is 9.33. The molecule has 0 bridgehead atoms. The summed E-state index contributed by atoms with van der Waals surface area (Å²) in [7, 11) is 0. The van der Waals surface area contributed by atoms with Gasteiger partial charge in [-0.2, -0.15) is 0 Å². The fourth-order valence-corrected chi connectivity index (χ4v) is 2.13. The van der Waals surface area contributed by atoms with Crippen LogP contribution in [-0.4, -0.2) is 48.8 Å². The van der Waals surface area contributed by atoms with Crippen LogP contribution in [0.1, 0.15) is 33.1 Å². The molecular formula is C12H23NO3. The highest BCUT2D eigenvalue weighted by Gasteiger charge is 2.43. The zero-order valence-electron chi connectivity index (χ0n) is 10.4. The zero-order chi connectivity index (χ0) is 12.0. The fourth-order valence-electron chi connectivity index (χ4n) is 2.13. The van der Waals surface area contributed by atoms with Crippen molar-refractivity contribution in [3.8, 4) is 0 Å². The number of aliphatic carboxylic acids is 1. The molecule has 4 heteroatoms. The van der Waals surface area contributed by atoms with E-state index in [1.54, 1.807) is 0 Å². The third-order valence-corrected chi connectivity index (χ3v) is 3.36. The molecule has 1 unspecified atom stereocenters. The molecule has 1 N–H and O–H groups in total. The van der Waals surface area contributed by atoms with Gasteiger partial charge in [0.1, 0.15) is 5.41 Å². The monoisotopic (exact) mass is 229 g/mol. The quantitative estimate of drug-likeness (QED) is 0.720. The first-order chi connectivity index (χ1) is 7.64. The smallest absolute Gasteiger partial charge is 0.313 e. The van der Waals surface area contributed by atoms with Gasteiger partial charge in [0.2, 0.25) is 0 Å². The van der Waals surface area contributed by atoms with E-state index in [-0.39, 0.29) is 0 Å². The Morgan fingerprint density at radius 2 is 2.25 bits per heavy atom. The third kappa shape index (κ3) is 3.19. The Bertz CT molecular complexity index is 224. The molecule has 0 aromatic carbocycles. The van der Waals surface area contributed by atoms with Crippen molar-refractivity contribution in [1.82, 2.24) is 4.90 Å². The summed E-state index contributed by atoms with van der Waals surface area (Å²) >= 11 is 0. The van der Waals surface area contributed by atoms with Crippen LogP contribution in [0.2, 0.25) is 0 Å². The second-order valence-electron chi connectivity index (χ2n) is 4.61. The van der Waals surface area contributed by atoms with Crippen LogP contribution >= 0.6 is 0 Å². The number of carboxylic acids is 1. The molecule has 1 heterocycles. The molecule has 0 aromatic rings. The second kappa shape index (κ2) is 6.21. The SMILES string of the molecule is CCCCN(CC)CC1(C(=O)O)CCOC1. The summed E-state index contributed by atoms with van der Waals surface area (Å²) in [5.74, 6) is -0.708. The van der Waals surface area contributed by atoms with E-state index in [1.807, 2.05) is 0 Å². The van der Waals surface area contributed by atoms with E-state index in [9.17, 15) is 9.90 Å². The van der Waals surface area contributed by atoms with Gasteiger partial charge in [0.05, 0.1) is 6.61 Å². The van der Waals surface area contributed by atoms with E-state index >= 15 is 0 Å². The van der Waals surface area contributed by atoms with Gasteiger partial charge in [-0.05, 0) is 25.9 Å². The zero-order valence-corrected chi connectivity index (χ0v) is 10.4. The molecule has 1 atom stereocenters. The molecule has 1 aliphatic heterocycles. The van der Waals surface area contributed by atoms with Crippen molar-refractivity contribution in [2.75, 3.05) is 32.8 Å². The van der Waals surface area contributed by atoms with Gasteiger partial charge in [0.15, 0.2) is 0 Å². The lowest BCUT2D eigenvalue weighted by Crippen LogP contribution is -2.44. The van der Waals surface area contributed by atoms with Crippen molar-refractivity contribution in [3.63, 3.8) is 0 Å². The first-order valence-electron chi connectivity index (χ1n) is 6.18. The van der Waals surface area contributed by atoms with Gasteiger partial charge in [-0.1, -0.05) is 20.3 Å². The van der Waals surface area contributed by atoms with Gasteiger partial charge in [-0.15, -0.1) is 0 Å². The minimum Gasteiger partial charge on any atom is -0.481 e. The number of unbranched alkanes of at least 4 members (excludes halogenated alkanes) is 1. The maximum absolute atomic E-state index is 11.3. The standard InChI is InChI=1S/C12H23NO3/c1-3-5-7-13(4-2)9-12(11(14)15)6-8-16-10-12/h3-10H2,1-2H3,(H,14,15). The van der Waals surface area contributed by atoms with Crippen molar-refractivity contribution >= 4 is 5.97 Å². The largest absolute Gasteiger partial charge is 0.481 e. The molecule has 1 rings (SSSR count). The lowest BCUT2D eigenvalue weighted by Gasteiger charge is -2.30. The van der Waals surface area contributed by atoms with Crippen molar-refractivity contribution in [1.29, 1.82) is 0 Å². The molecule has 1 saturated heterocycles. The number of hydrogen-bond donors (Lipinski definition) is 1. The Kier molecular flexibility index (Phi) is 5.22. The Labute approximate surface area is 97.6 Å². The first kappa shape index (κ1) is 13.5. The Morgan fingerprint density at radius 3 is 2.69 bits per heavy atom. The molecule has 16 heavy (non-hydrogen) atoms. The third-order valence-electron chi connectivity index (χ3n) is 3.36. The van der Waals surface area contributed by atoms with E-state index in [1.165, 1.54) is 0 Å². The van der Waals surface area contributed by atoms with Crippen LogP contribution in [0.3, 0.4) is 0 Å². The van der Waals surface area contributed by atoms with Crippen LogP contribution in [0.15, 0.2) is 0 Å². The lowest BCUT2D eigenvalue weighted by molar-refractivity contribution is -0.150. The van der Waals surface area contributed by atoms with Crippen LogP contribution < -0.4 is 0 Å². The molecule has 0 spiro atoms. The number of carboxylic acid groups (broad SMARTS) is 1. The predicted octanol–water partition coefficient (Wildman–Crippen LogP) is 1.60. The number of rotatable bonds is 7. The molecule has 0 aromatic heterocycles. The molecular weight excluding hydrogens is 206 g/mol. The highest BCUT2D eigenvalue weighted by molar-refractivity contribution is 5.75. The Balaban J connectivity index is 2.55. The van der Waals surface area contributed by atoms with Crippen LogP contribution in [-0.2, 0) is 9.53 Å². The molecule has 0 radical (unpaired) electrons. The van der Waals surface area contributed by atoms with Crippen molar-refractivity contribution < 1.29 is 14.6 Å². The van der Waals surface area contributed by atoms with E-state index in [0.29, 0.717) is 26.2 Å². The van der Waals surface area contributed by atoms with Gasteiger partial charge >= 0.3 is 5.97 Å². The summed E-state index contributed by atoms with van der Waals surface area (Å²) in [6.07, 6.45) is 2.92. The summed E-state index contributed by atoms with van der Waals surface area (Å²) in [6.45, 7) is 7.71. The fraction of sp³-hybridized carbons (Fsp3) is 0.917. The van der Waals surface area contributed by atoms with E-state index in [2.05, 4.69) is 18.7 Å². The van der Waals surface area contributed by atoms with Crippen LogP contribution in [0.4, 0.5) is 0 Å². The number of hydrogen-bond acceptors (Lipinski definition) is 3. The number of ether oxygens (including phenoxy) is 1. The maximum Gasteiger partial charge on any atom is 0.313 e. The summed E-state index contributed by atoms with van der Waals surface area (Å²) < 4.78 is 5.26. The molecule has 4 nitrogen and oxygen atoms in total. The summed E-state index contributed by atoms with van der Waals surface area (Å²) in [4.78, 5) is 13.6. The highest BCUT2D eigenvalue weighted by atomic mass is 16.5. The van der Waals surface area contributed by atoms with Gasteiger partial charge in [0.25, 0.3) is 0 Å². The molecule has 94 valence electrons. The van der Waals surface area contributed by atoms with Gasteiger partial charge < -0.3 is 14.7 Å². The van der Waals surface area contributed by atoms with Crippen molar-refractivity contribution in [2.45, 2.75) is 33.1 Å². The summed E-state index contributed by atoms with van der Waals surface area (Å²) in [6, 6.07) is 0. The molecule has 0 saturated carbocycles. The Morgan fingerprint density at radius 1 is 1.50 bits per heavy atom. The molecule has 0 amide bonds. The number of nitrogens with zero attached hydrogens (tertiary/aromatic N) is 1. The van der Waals surface area contributed by atoms with Crippen LogP contribution in [0, 0.1) is 5.41 Å². The average Bonchev–Trinajstić information content (AvgIpc) is 2.74. The van der Waals surface area contributed by atoms with Gasteiger partial charge in [-0.3, -0.25) is 4.79 Å². The lowest BCUT2D eigenvalue weighted by atomic mass is 9.86.